The number of anilines is 1. The van der Waals surface area contributed by atoms with E-state index in [0.717, 1.165) is 37.4 Å². The highest BCUT2D eigenvalue weighted by Crippen LogP contribution is 2.19. The van der Waals surface area contributed by atoms with Crippen LogP contribution in [0, 0.1) is 0 Å². The molecule has 0 aromatic heterocycles. The van der Waals surface area contributed by atoms with Gasteiger partial charge < -0.3 is 15.0 Å². The fraction of sp³-hybridized carbons (Fsp3) is 0.438. The highest BCUT2D eigenvalue weighted by atomic mass is 16.5. The van der Waals surface area contributed by atoms with E-state index in [-0.39, 0.29) is 11.9 Å². The van der Waals surface area contributed by atoms with Crippen LogP contribution in [0.4, 0.5) is 5.69 Å². The second-order valence-electron chi connectivity index (χ2n) is 4.88. The molecule has 0 saturated heterocycles. The zero-order valence-electron chi connectivity index (χ0n) is 12.1. The summed E-state index contributed by atoms with van der Waals surface area (Å²) >= 11 is 0. The molecule has 1 aliphatic heterocycles. The van der Waals surface area contributed by atoms with Gasteiger partial charge in [0.1, 0.15) is 11.8 Å². The van der Waals surface area contributed by atoms with E-state index in [1.807, 2.05) is 36.1 Å². The lowest BCUT2D eigenvalue weighted by molar-refractivity contribution is -0.131. The summed E-state index contributed by atoms with van der Waals surface area (Å²) in [5, 5.41) is 3.31. The van der Waals surface area contributed by atoms with Crippen molar-refractivity contribution >= 4 is 11.6 Å². The molecule has 0 bridgehead atoms. The Labute approximate surface area is 120 Å². The van der Waals surface area contributed by atoms with E-state index in [0.29, 0.717) is 0 Å². The third-order valence-electron chi connectivity index (χ3n) is 3.49. The minimum Gasteiger partial charge on any atom is -0.497 e. The molecule has 4 nitrogen and oxygen atoms in total. The predicted molar refractivity (Wildman–Crippen MR) is 81.0 cm³/mol. The van der Waals surface area contributed by atoms with Crippen LogP contribution >= 0.6 is 0 Å². The van der Waals surface area contributed by atoms with E-state index < -0.39 is 0 Å². The van der Waals surface area contributed by atoms with Crippen molar-refractivity contribution in [2.75, 3.05) is 25.5 Å². The summed E-state index contributed by atoms with van der Waals surface area (Å²) in [4.78, 5) is 14.4. The van der Waals surface area contributed by atoms with Crippen molar-refractivity contribution in [3.05, 3.63) is 36.4 Å². The Morgan fingerprint density at radius 3 is 2.95 bits per heavy atom. The molecule has 0 unspecified atom stereocenters. The number of ether oxygens (including phenoxy) is 1. The second-order valence-corrected chi connectivity index (χ2v) is 4.88. The van der Waals surface area contributed by atoms with E-state index in [4.69, 9.17) is 4.74 Å². The molecule has 4 heteroatoms. The van der Waals surface area contributed by atoms with Gasteiger partial charge in [-0.2, -0.15) is 0 Å². The van der Waals surface area contributed by atoms with Gasteiger partial charge >= 0.3 is 0 Å². The molecular formula is C16H22N2O2. The van der Waals surface area contributed by atoms with Gasteiger partial charge in [-0.15, -0.1) is 0 Å². The molecule has 0 fully saturated rings. The molecule has 0 spiro atoms. The standard InChI is InChI=1S/C16H22N2O2/c1-3-15(16(19)18-10-5-4-6-11-18)17-13-8-7-9-14(12-13)20-2/h4-5,7-9,12,15,17H,3,6,10-11H2,1-2H3/t15-/m1/s1. The molecule has 1 aliphatic rings. The van der Waals surface area contributed by atoms with Gasteiger partial charge in [0.25, 0.3) is 0 Å². The molecular weight excluding hydrogens is 252 g/mol. The van der Waals surface area contributed by atoms with Gasteiger partial charge in [-0.25, -0.2) is 0 Å². The number of carbonyl (C=O) groups excluding carboxylic acids is 1. The largest absolute Gasteiger partial charge is 0.497 e. The number of rotatable bonds is 5. The summed E-state index contributed by atoms with van der Waals surface area (Å²) in [7, 11) is 1.64. The van der Waals surface area contributed by atoms with Gasteiger partial charge in [-0.1, -0.05) is 25.1 Å². The highest BCUT2D eigenvalue weighted by Gasteiger charge is 2.22. The predicted octanol–water partition coefficient (Wildman–Crippen LogP) is 2.67. The van der Waals surface area contributed by atoms with Crippen LogP contribution in [0.1, 0.15) is 19.8 Å². The smallest absolute Gasteiger partial charge is 0.245 e. The van der Waals surface area contributed by atoms with Crippen LogP contribution in [-0.4, -0.2) is 37.0 Å². The molecule has 0 aliphatic carbocycles. The first-order valence-electron chi connectivity index (χ1n) is 7.09. The molecule has 1 aromatic rings. The normalized spacial score (nSPS) is 15.8. The number of nitrogens with zero attached hydrogens (tertiary/aromatic N) is 1. The number of nitrogens with one attached hydrogen (secondary N) is 1. The van der Waals surface area contributed by atoms with Crippen molar-refractivity contribution in [3.8, 4) is 5.75 Å². The van der Waals surface area contributed by atoms with Crippen LogP contribution in [0.15, 0.2) is 36.4 Å². The lowest BCUT2D eigenvalue weighted by atomic mass is 10.1. The van der Waals surface area contributed by atoms with Crippen molar-refractivity contribution < 1.29 is 9.53 Å². The summed E-state index contributed by atoms with van der Waals surface area (Å²) in [5.41, 5.74) is 0.914. The SMILES string of the molecule is CC[C@@H](Nc1cccc(OC)c1)C(=O)N1CC=CCC1. The van der Waals surface area contributed by atoms with Crippen molar-refractivity contribution in [2.24, 2.45) is 0 Å². The van der Waals surface area contributed by atoms with Crippen molar-refractivity contribution in [2.45, 2.75) is 25.8 Å². The Bertz CT molecular complexity index is 485. The van der Waals surface area contributed by atoms with Gasteiger partial charge in [-0.05, 0) is 25.0 Å². The van der Waals surface area contributed by atoms with Crippen LogP contribution in [0.2, 0.25) is 0 Å². The minimum absolute atomic E-state index is 0.166. The highest BCUT2D eigenvalue weighted by molar-refractivity contribution is 5.85. The summed E-state index contributed by atoms with van der Waals surface area (Å²) < 4.78 is 5.20. The lowest BCUT2D eigenvalue weighted by Crippen LogP contribution is -2.44. The van der Waals surface area contributed by atoms with Gasteiger partial charge in [0.2, 0.25) is 5.91 Å². The van der Waals surface area contributed by atoms with Gasteiger partial charge in [-0.3, -0.25) is 4.79 Å². The quantitative estimate of drug-likeness (QED) is 0.839. The summed E-state index contributed by atoms with van der Waals surface area (Å²) in [6.07, 6.45) is 5.89. The molecule has 1 aromatic carbocycles. The molecule has 0 radical (unpaired) electrons. The first-order chi connectivity index (χ1) is 9.74. The number of benzene rings is 1. The van der Waals surface area contributed by atoms with Crippen LogP contribution < -0.4 is 10.1 Å². The van der Waals surface area contributed by atoms with Crippen molar-refractivity contribution in [1.82, 2.24) is 4.90 Å². The Morgan fingerprint density at radius 1 is 1.45 bits per heavy atom. The Morgan fingerprint density at radius 2 is 2.30 bits per heavy atom. The summed E-state index contributed by atoms with van der Waals surface area (Å²) in [5.74, 6) is 0.956. The maximum absolute atomic E-state index is 12.5. The number of hydrogen-bond donors (Lipinski definition) is 1. The summed E-state index contributed by atoms with van der Waals surface area (Å²) in [6, 6.07) is 7.49. The van der Waals surface area contributed by atoms with Crippen LogP contribution in [0.5, 0.6) is 5.75 Å². The molecule has 0 saturated carbocycles. The van der Waals surface area contributed by atoms with Crippen molar-refractivity contribution in [1.29, 1.82) is 0 Å². The fourth-order valence-corrected chi connectivity index (χ4v) is 2.31. The zero-order chi connectivity index (χ0) is 14.4. The molecule has 20 heavy (non-hydrogen) atoms. The lowest BCUT2D eigenvalue weighted by Gasteiger charge is -2.28. The number of hydrogen-bond acceptors (Lipinski definition) is 3. The Balaban J connectivity index is 2.03. The second kappa shape index (κ2) is 6.98. The number of methoxy groups -OCH3 is 1. The van der Waals surface area contributed by atoms with Crippen molar-refractivity contribution in [3.63, 3.8) is 0 Å². The van der Waals surface area contributed by atoms with E-state index in [1.165, 1.54) is 0 Å². The van der Waals surface area contributed by atoms with Gasteiger partial charge in [0, 0.05) is 24.8 Å². The summed E-state index contributed by atoms with van der Waals surface area (Å²) in [6.45, 7) is 3.55. The molecule has 1 heterocycles. The fourth-order valence-electron chi connectivity index (χ4n) is 2.31. The average Bonchev–Trinajstić information content (AvgIpc) is 2.53. The topological polar surface area (TPSA) is 41.6 Å². The number of carbonyl (C=O) groups is 1. The first kappa shape index (κ1) is 14.4. The molecule has 1 atom stereocenters. The Hall–Kier alpha value is -1.97. The maximum atomic E-state index is 12.5. The van der Waals surface area contributed by atoms with Crippen LogP contribution in [0.3, 0.4) is 0 Å². The van der Waals surface area contributed by atoms with Gasteiger partial charge in [0.15, 0.2) is 0 Å². The average molecular weight is 274 g/mol. The zero-order valence-corrected chi connectivity index (χ0v) is 12.1. The Kier molecular flexibility index (Phi) is 5.04. The third kappa shape index (κ3) is 3.53. The maximum Gasteiger partial charge on any atom is 0.245 e. The molecule has 1 amide bonds. The van der Waals surface area contributed by atoms with Crippen LogP contribution in [-0.2, 0) is 4.79 Å². The van der Waals surface area contributed by atoms with E-state index >= 15 is 0 Å². The van der Waals surface area contributed by atoms with E-state index in [2.05, 4.69) is 17.5 Å². The third-order valence-corrected chi connectivity index (χ3v) is 3.49. The molecule has 1 N–H and O–H groups in total. The van der Waals surface area contributed by atoms with E-state index in [9.17, 15) is 4.79 Å². The first-order valence-corrected chi connectivity index (χ1v) is 7.09. The van der Waals surface area contributed by atoms with Gasteiger partial charge in [0.05, 0.1) is 7.11 Å². The molecule has 2 rings (SSSR count). The number of amides is 1. The molecule has 108 valence electrons. The monoisotopic (exact) mass is 274 g/mol. The van der Waals surface area contributed by atoms with E-state index in [1.54, 1.807) is 7.11 Å². The minimum atomic E-state index is -0.186. The van der Waals surface area contributed by atoms with Crippen LogP contribution in [0.25, 0.3) is 0 Å².